The Balaban J connectivity index is 2.00. The predicted molar refractivity (Wildman–Crippen MR) is 92.2 cm³/mol. The lowest BCUT2D eigenvalue weighted by Crippen LogP contribution is -1.97. The highest BCUT2D eigenvalue weighted by Crippen LogP contribution is 2.35. The van der Waals surface area contributed by atoms with Crippen molar-refractivity contribution < 1.29 is 0 Å². The summed E-state index contributed by atoms with van der Waals surface area (Å²) in [5.41, 5.74) is 8.76. The third kappa shape index (κ3) is 3.40. The topological polar surface area (TPSA) is 51.8 Å². The van der Waals surface area contributed by atoms with Crippen molar-refractivity contribution in [1.82, 2.24) is 9.97 Å². The van der Waals surface area contributed by atoms with Gasteiger partial charge in [0.15, 0.2) is 0 Å². The average Bonchev–Trinajstić information content (AvgIpc) is 2.52. The van der Waals surface area contributed by atoms with Gasteiger partial charge >= 0.3 is 0 Å². The van der Waals surface area contributed by atoms with Crippen molar-refractivity contribution in [3.8, 4) is 11.3 Å². The maximum absolute atomic E-state index is 5.95. The van der Waals surface area contributed by atoms with Crippen LogP contribution < -0.4 is 5.73 Å². The highest BCUT2D eigenvalue weighted by Gasteiger charge is 2.10. The zero-order valence-electron chi connectivity index (χ0n) is 12.0. The number of nitrogens with zero attached hydrogens (tertiary/aromatic N) is 2. The van der Waals surface area contributed by atoms with Crippen LogP contribution in [0.1, 0.15) is 5.56 Å². The summed E-state index contributed by atoms with van der Waals surface area (Å²) < 4.78 is 0. The Bertz CT molecular complexity index is 786. The van der Waals surface area contributed by atoms with Gasteiger partial charge in [-0.1, -0.05) is 53.2 Å². The second-order valence-electron chi connectivity index (χ2n) is 4.86. The fraction of sp³-hybridized carbons (Fsp3) is 0.0588. The molecule has 0 aliphatic heterocycles. The standard InChI is InChI=1S/C17H14ClN3S/c1-11-2-8-14(9-3-11)22-15-10-20-17(19)21-16(15)12-4-6-13(18)7-5-12/h2-10H,1H3,(H2,19,20,21). The van der Waals surface area contributed by atoms with E-state index in [-0.39, 0.29) is 5.95 Å². The van der Waals surface area contributed by atoms with Crippen LogP contribution in [0.4, 0.5) is 5.95 Å². The molecule has 2 aromatic carbocycles. The monoisotopic (exact) mass is 327 g/mol. The van der Waals surface area contributed by atoms with Gasteiger partial charge in [0.2, 0.25) is 5.95 Å². The van der Waals surface area contributed by atoms with Crippen LogP contribution in [0.3, 0.4) is 0 Å². The average molecular weight is 328 g/mol. The van der Waals surface area contributed by atoms with Crippen LogP contribution in [0, 0.1) is 6.92 Å². The van der Waals surface area contributed by atoms with Crippen molar-refractivity contribution in [2.75, 3.05) is 5.73 Å². The molecule has 0 aliphatic rings. The van der Waals surface area contributed by atoms with E-state index in [1.807, 2.05) is 24.3 Å². The SMILES string of the molecule is Cc1ccc(Sc2cnc(N)nc2-c2ccc(Cl)cc2)cc1. The predicted octanol–water partition coefficient (Wildman–Crippen LogP) is 4.84. The number of hydrogen-bond acceptors (Lipinski definition) is 4. The summed E-state index contributed by atoms with van der Waals surface area (Å²) in [6.07, 6.45) is 1.76. The van der Waals surface area contributed by atoms with Crippen molar-refractivity contribution in [3.63, 3.8) is 0 Å². The summed E-state index contributed by atoms with van der Waals surface area (Å²) >= 11 is 7.57. The van der Waals surface area contributed by atoms with Crippen LogP contribution in [-0.2, 0) is 0 Å². The van der Waals surface area contributed by atoms with Crippen molar-refractivity contribution >= 4 is 29.3 Å². The number of nitrogens with two attached hydrogens (primary N) is 1. The number of benzene rings is 2. The van der Waals surface area contributed by atoms with E-state index in [2.05, 4.69) is 41.2 Å². The van der Waals surface area contributed by atoms with Gasteiger partial charge in [0.1, 0.15) is 0 Å². The molecule has 1 aromatic heterocycles. The molecule has 3 aromatic rings. The van der Waals surface area contributed by atoms with Crippen LogP contribution in [0.25, 0.3) is 11.3 Å². The first-order valence-electron chi connectivity index (χ1n) is 6.75. The largest absolute Gasteiger partial charge is 0.368 e. The third-order valence-corrected chi connectivity index (χ3v) is 4.42. The summed E-state index contributed by atoms with van der Waals surface area (Å²) in [6.45, 7) is 2.07. The van der Waals surface area contributed by atoms with E-state index in [9.17, 15) is 0 Å². The Morgan fingerprint density at radius 3 is 2.36 bits per heavy atom. The van der Waals surface area contributed by atoms with E-state index in [1.54, 1.807) is 18.0 Å². The smallest absolute Gasteiger partial charge is 0.220 e. The molecule has 0 aliphatic carbocycles. The molecule has 5 heteroatoms. The highest BCUT2D eigenvalue weighted by atomic mass is 35.5. The molecule has 22 heavy (non-hydrogen) atoms. The fourth-order valence-corrected chi connectivity index (χ4v) is 3.02. The van der Waals surface area contributed by atoms with Crippen LogP contribution in [-0.4, -0.2) is 9.97 Å². The van der Waals surface area contributed by atoms with Gasteiger partial charge in [-0.25, -0.2) is 9.97 Å². The summed E-state index contributed by atoms with van der Waals surface area (Å²) in [5, 5.41) is 0.693. The Labute approximate surface area is 138 Å². The minimum absolute atomic E-state index is 0.262. The molecule has 0 unspecified atom stereocenters. The molecule has 0 atom stereocenters. The molecular weight excluding hydrogens is 314 g/mol. The van der Waals surface area contributed by atoms with Crippen molar-refractivity contribution in [1.29, 1.82) is 0 Å². The first-order chi connectivity index (χ1) is 10.6. The lowest BCUT2D eigenvalue weighted by Gasteiger charge is -2.09. The highest BCUT2D eigenvalue weighted by molar-refractivity contribution is 7.99. The normalized spacial score (nSPS) is 10.6. The summed E-state index contributed by atoms with van der Waals surface area (Å²) in [7, 11) is 0. The Hall–Kier alpha value is -2.04. The van der Waals surface area contributed by atoms with E-state index in [0.717, 1.165) is 21.0 Å². The van der Waals surface area contributed by atoms with Crippen LogP contribution in [0.5, 0.6) is 0 Å². The first kappa shape index (κ1) is 14.9. The molecule has 0 saturated carbocycles. The molecule has 3 nitrogen and oxygen atoms in total. The van der Waals surface area contributed by atoms with Gasteiger partial charge in [-0.05, 0) is 31.2 Å². The van der Waals surface area contributed by atoms with Crippen molar-refractivity contribution in [2.24, 2.45) is 0 Å². The lowest BCUT2D eigenvalue weighted by atomic mass is 10.1. The fourth-order valence-electron chi connectivity index (χ4n) is 2.01. The molecule has 0 radical (unpaired) electrons. The number of rotatable bonds is 3. The summed E-state index contributed by atoms with van der Waals surface area (Å²) in [4.78, 5) is 10.6. The lowest BCUT2D eigenvalue weighted by molar-refractivity contribution is 1.12. The molecule has 110 valence electrons. The van der Waals surface area contributed by atoms with Crippen LogP contribution in [0.2, 0.25) is 5.02 Å². The van der Waals surface area contributed by atoms with Crippen LogP contribution >= 0.6 is 23.4 Å². The van der Waals surface area contributed by atoms with Crippen molar-refractivity contribution in [2.45, 2.75) is 16.7 Å². The van der Waals surface area contributed by atoms with Gasteiger partial charge in [0, 0.05) is 21.7 Å². The van der Waals surface area contributed by atoms with E-state index in [0.29, 0.717) is 5.02 Å². The van der Waals surface area contributed by atoms with E-state index < -0.39 is 0 Å². The Kier molecular flexibility index (Phi) is 4.32. The number of anilines is 1. The molecular formula is C17H14ClN3S. The quantitative estimate of drug-likeness (QED) is 0.748. The Morgan fingerprint density at radius 1 is 1.00 bits per heavy atom. The molecule has 0 saturated heterocycles. The molecule has 1 heterocycles. The molecule has 0 amide bonds. The molecule has 0 bridgehead atoms. The minimum Gasteiger partial charge on any atom is -0.368 e. The Morgan fingerprint density at radius 2 is 1.68 bits per heavy atom. The second kappa shape index (κ2) is 6.38. The van der Waals surface area contributed by atoms with E-state index in [1.165, 1.54) is 5.56 Å². The summed E-state index contributed by atoms with van der Waals surface area (Å²) in [6, 6.07) is 15.9. The number of aromatic nitrogens is 2. The number of hydrogen-bond donors (Lipinski definition) is 1. The maximum atomic E-state index is 5.95. The second-order valence-corrected chi connectivity index (χ2v) is 6.41. The van der Waals surface area contributed by atoms with Gasteiger partial charge in [0.05, 0.1) is 10.6 Å². The van der Waals surface area contributed by atoms with E-state index in [4.69, 9.17) is 17.3 Å². The molecule has 0 fully saturated rings. The number of halogens is 1. The van der Waals surface area contributed by atoms with Crippen molar-refractivity contribution in [3.05, 3.63) is 65.3 Å². The molecule has 3 rings (SSSR count). The van der Waals surface area contributed by atoms with E-state index >= 15 is 0 Å². The van der Waals surface area contributed by atoms with Gasteiger partial charge in [-0.15, -0.1) is 0 Å². The van der Waals surface area contributed by atoms with Gasteiger partial charge in [0.25, 0.3) is 0 Å². The number of nitrogen functional groups attached to an aromatic ring is 1. The van der Waals surface area contributed by atoms with Gasteiger partial charge < -0.3 is 5.73 Å². The third-order valence-electron chi connectivity index (χ3n) is 3.14. The summed E-state index contributed by atoms with van der Waals surface area (Å²) in [5.74, 6) is 0.262. The zero-order valence-corrected chi connectivity index (χ0v) is 13.5. The molecule has 0 spiro atoms. The molecule has 2 N–H and O–H groups in total. The number of aryl methyl sites for hydroxylation is 1. The zero-order chi connectivity index (χ0) is 15.5. The van der Waals surface area contributed by atoms with Gasteiger partial charge in [-0.2, -0.15) is 0 Å². The van der Waals surface area contributed by atoms with Crippen LogP contribution in [0.15, 0.2) is 64.5 Å². The minimum atomic E-state index is 0.262. The van der Waals surface area contributed by atoms with Gasteiger partial charge in [-0.3, -0.25) is 0 Å². The first-order valence-corrected chi connectivity index (χ1v) is 7.94. The maximum Gasteiger partial charge on any atom is 0.220 e.